The first-order valence-electron chi connectivity index (χ1n) is 15.6. The molecule has 6 nitrogen and oxygen atoms in total. The highest BCUT2D eigenvalue weighted by Gasteiger charge is 2.25. The van der Waals surface area contributed by atoms with Gasteiger partial charge >= 0.3 is 0 Å². The molecule has 1 aliphatic carbocycles. The van der Waals surface area contributed by atoms with Crippen LogP contribution in [0.2, 0.25) is 5.02 Å². The summed E-state index contributed by atoms with van der Waals surface area (Å²) in [7, 11) is -3.84. The van der Waals surface area contributed by atoms with Crippen molar-refractivity contribution in [2.45, 2.75) is 56.1 Å². The number of hydrogen-bond donors (Lipinski definition) is 1. The molecule has 0 aliphatic heterocycles. The molecular weight excluding hydrogens is 614 g/mol. The van der Waals surface area contributed by atoms with Crippen LogP contribution in [0.5, 0.6) is 0 Å². The molecule has 0 radical (unpaired) electrons. The minimum absolute atomic E-state index is 0.0247. The highest BCUT2D eigenvalue weighted by Crippen LogP contribution is 2.27. The van der Waals surface area contributed by atoms with Crippen molar-refractivity contribution in [2.24, 2.45) is 0 Å². The van der Waals surface area contributed by atoms with Crippen LogP contribution in [0.3, 0.4) is 0 Å². The van der Waals surface area contributed by atoms with Gasteiger partial charge in [-0.15, -0.1) is 0 Å². The lowest BCUT2D eigenvalue weighted by Gasteiger charge is -2.23. The van der Waals surface area contributed by atoms with Crippen LogP contribution >= 0.6 is 11.6 Å². The van der Waals surface area contributed by atoms with Crippen molar-refractivity contribution in [3.8, 4) is 22.3 Å². The molecule has 1 fully saturated rings. The first-order chi connectivity index (χ1) is 22.3. The summed E-state index contributed by atoms with van der Waals surface area (Å²) in [6.45, 7) is 0.373. The number of pyridine rings is 1. The Bertz CT molecular complexity index is 1860. The Labute approximate surface area is 276 Å². The Morgan fingerprint density at radius 3 is 1.85 bits per heavy atom. The van der Waals surface area contributed by atoms with Gasteiger partial charge in [0.2, 0.25) is 10.0 Å². The molecule has 1 aliphatic rings. The molecule has 0 bridgehead atoms. The van der Waals surface area contributed by atoms with Gasteiger partial charge in [0.15, 0.2) is 0 Å². The number of carbonyl (C=O) groups is 1. The Morgan fingerprint density at radius 2 is 1.26 bits per heavy atom. The van der Waals surface area contributed by atoms with Gasteiger partial charge in [-0.25, -0.2) is 8.42 Å². The van der Waals surface area contributed by atoms with Crippen LogP contribution in [0.4, 0.5) is 0 Å². The van der Waals surface area contributed by atoms with Gasteiger partial charge in [-0.05, 0) is 88.7 Å². The Hall–Kier alpha value is -4.30. The van der Waals surface area contributed by atoms with Crippen molar-refractivity contribution in [3.05, 3.63) is 143 Å². The third-order valence-electron chi connectivity index (χ3n) is 8.49. The van der Waals surface area contributed by atoms with E-state index in [0.29, 0.717) is 10.6 Å². The molecule has 234 valence electrons. The summed E-state index contributed by atoms with van der Waals surface area (Å²) in [5.74, 6) is -0.0247. The second-order valence-corrected chi connectivity index (χ2v) is 14.1. The second kappa shape index (κ2) is 14.4. The van der Waals surface area contributed by atoms with E-state index in [9.17, 15) is 13.2 Å². The zero-order valence-corrected chi connectivity index (χ0v) is 27.1. The van der Waals surface area contributed by atoms with Crippen LogP contribution in [-0.4, -0.2) is 29.7 Å². The number of rotatable bonds is 10. The highest BCUT2D eigenvalue weighted by molar-refractivity contribution is 7.89. The molecule has 1 N–H and O–H groups in total. The summed E-state index contributed by atoms with van der Waals surface area (Å²) in [6.07, 6.45) is 9.05. The molecule has 0 spiro atoms. The molecule has 0 unspecified atom stereocenters. The fourth-order valence-electron chi connectivity index (χ4n) is 5.87. The number of amides is 1. The minimum atomic E-state index is -3.84. The van der Waals surface area contributed by atoms with Crippen molar-refractivity contribution in [3.63, 3.8) is 0 Å². The third kappa shape index (κ3) is 7.73. The van der Waals surface area contributed by atoms with E-state index in [1.165, 1.54) is 23.6 Å². The summed E-state index contributed by atoms with van der Waals surface area (Å²) in [6, 6.07) is 33.9. The average Bonchev–Trinajstić information content (AvgIpc) is 3.10. The van der Waals surface area contributed by atoms with Crippen LogP contribution in [0.15, 0.2) is 126 Å². The van der Waals surface area contributed by atoms with Gasteiger partial charge in [0, 0.05) is 42.1 Å². The molecule has 0 atom stereocenters. The SMILES string of the molecule is O=C(NC1CCCCC1)c1ccc(-c2ccc(CN(Cc3cccnc3)S(=O)(=O)c3ccc(-c4ccc(Cl)cc4)cc3)cc2)cc1. The van der Waals surface area contributed by atoms with Crippen LogP contribution in [0.25, 0.3) is 22.3 Å². The predicted molar refractivity (Wildman–Crippen MR) is 184 cm³/mol. The molecule has 4 aromatic carbocycles. The fourth-order valence-corrected chi connectivity index (χ4v) is 7.41. The Balaban J connectivity index is 1.18. The van der Waals surface area contributed by atoms with Crippen molar-refractivity contribution in [1.29, 1.82) is 0 Å². The quantitative estimate of drug-likeness (QED) is 0.164. The van der Waals surface area contributed by atoms with Crippen molar-refractivity contribution in [1.82, 2.24) is 14.6 Å². The number of hydrogen-bond acceptors (Lipinski definition) is 4. The lowest BCUT2D eigenvalue weighted by atomic mass is 9.95. The van der Waals surface area contributed by atoms with E-state index in [1.807, 2.05) is 91.0 Å². The number of benzene rings is 4. The van der Waals surface area contributed by atoms with Crippen LogP contribution < -0.4 is 5.32 Å². The molecule has 6 rings (SSSR count). The van der Waals surface area contributed by atoms with Gasteiger partial charge in [0.05, 0.1) is 4.90 Å². The highest BCUT2D eigenvalue weighted by atomic mass is 35.5. The summed E-state index contributed by atoms with van der Waals surface area (Å²) < 4.78 is 29.5. The predicted octanol–water partition coefficient (Wildman–Crippen LogP) is 8.52. The molecule has 8 heteroatoms. The Kier molecular flexibility index (Phi) is 9.93. The number of nitrogens with one attached hydrogen (secondary N) is 1. The first-order valence-corrected chi connectivity index (χ1v) is 17.4. The van der Waals surface area contributed by atoms with Crippen LogP contribution in [0, 0.1) is 0 Å². The number of aromatic nitrogens is 1. The number of halogens is 1. The fraction of sp³-hybridized carbons (Fsp3) is 0.211. The van der Waals surface area contributed by atoms with Crippen molar-refractivity contribution in [2.75, 3.05) is 0 Å². The van der Waals surface area contributed by atoms with Gasteiger partial charge in [0.25, 0.3) is 5.91 Å². The monoisotopic (exact) mass is 649 g/mol. The van der Waals surface area contributed by atoms with Gasteiger partial charge in [-0.2, -0.15) is 4.31 Å². The largest absolute Gasteiger partial charge is 0.349 e. The van der Waals surface area contributed by atoms with E-state index in [-0.39, 0.29) is 29.9 Å². The van der Waals surface area contributed by atoms with Crippen molar-refractivity contribution < 1.29 is 13.2 Å². The third-order valence-corrected chi connectivity index (χ3v) is 10.5. The van der Waals surface area contributed by atoms with Crippen LogP contribution in [0.1, 0.15) is 53.6 Å². The van der Waals surface area contributed by atoms with E-state index in [4.69, 9.17) is 11.6 Å². The summed E-state index contributed by atoms with van der Waals surface area (Å²) in [5.41, 5.74) is 6.15. The summed E-state index contributed by atoms with van der Waals surface area (Å²) in [4.78, 5) is 17.1. The van der Waals surface area contributed by atoms with Gasteiger partial charge in [-0.1, -0.05) is 97.6 Å². The standard InChI is InChI=1S/C38H36ClN3O3S/c39-35-20-16-32(17-21-35)33-18-22-37(23-19-33)46(44,45)42(27-29-5-4-24-40-25-29)26-28-8-10-30(11-9-28)31-12-14-34(15-13-31)38(43)41-36-6-2-1-3-7-36/h4-5,8-25,36H,1-3,6-7,26-27H2,(H,41,43). The van der Waals surface area contributed by atoms with Crippen LogP contribution in [-0.2, 0) is 23.1 Å². The maximum Gasteiger partial charge on any atom is 0.251 e. The van der Waals surface area contributed by atoms with E-state index >= 15 is 0 Å². The molecule has 1 heterocycles. The molecular formula is C38H36ClN3O3S. The van der Waals surface area contributed by atoms with E-state index in [0.717, 1.165) is 46.2 Å². The van der Waals surface area contributed by atoms with E-state index < -0.39 is 10.0 Å². The van der Waals surface area contributed by atoms with E-state index in [1.54, 1.807) is 30.6 Å². The maximum atomic E-state index is 14.0. The molecule has 1 aromatic heterocycles. The van der Waals surface area contributed by atoms with Gasteiger partial charge in [-0.3, -0.25) is 9.78 Å². The van der Waals surface area contributed by atoms with Gasteiger partial charge < -0.3 is 5.32 Å². The minimum Gasteiger partial charge on any atom is -0.349 e. The lowest BCUT2D eigenvalue weighted by Crippen LogP contribution is -2.36. The summed E-state index contributed by atoms with van der Waals surface area (Å²) in [5, 5.41) is 3.82. The molecule has 0 saturated heterocycles. The normalized spacial score (nSPS) is 13.9. The number of nitrogens with zero attached hydrogens (tertiary/aromatic N) is 2. The first kappa shape index (κ1) is 31.7. The molecule has 1 amide bonds. The summed E-state index contributed by atoms with van der Waals surface area (Å²) >= 11 is 6.03. The van der Waals surface area contributed by atoms with Gasteiger partial charge in [0.1, 0.15) is 0 Å². The molecule has 1 saturated carbocycles. The second-order valence-electron chi connectivity index (χ2n) is 11.7. The molecule has 46 heavy (non-hydrogen) atoms. The lowest BCUT2D eigenvalue weighted by molar-refractivity contribution is 0.0927. The van der Waals surface area contributed by atoms with E-state index in [2.05, 4.69) is 10.3 Å². The van der Waals surface area contributed by atoms with Crippen molar-refractivity contribution >= 4 is 27.5 Å². The zero-order chi connectivity index (χ0) is 31.9. The Morgan fingerprint density at radius 1 is 0.717 bits per heavy atom. The molecule has 5 aromatic rings. The maximum absolute atomic E-state index is 14.0. The number of sulfonamides is 1. The zero-order valence-electron chi connectivity index (χ0n) is 25.5. The average molecular weight is 650 g/mol. The topological polar surface area (TPSA) is 79.4 Å². The number of carbonyl (C=O) groups excluding carboxylic acids is 1. The smallest absolute Gasteiger partial charge is 0.251 e.